The van der Waals surface area contributed by atoms with E-state index in [0.29, 0.717) is 12.8 Å². The minimum absolute atomic E-state index is 0.106. The van der Waals surface area contributed by atoms with Crippen LogP contribution in [0, 0.1) is 0 Å². The van der Waals surface area contributed by atoms with E-state index in [4.69, 9.17) is 9.84 Å². The second-order valence-electron chi connectivity index (χ2n) is 6.92. The van der Waals surface area contributed by atoms with Crippen LogP contribution in [0.1, 0.15) is 51.9 Å². The van der Waals surface area contributed by atoms with Crippen molar-refractivity contribution in [2.45, 2.75) is 82.4 Å². The van der Waals surface area contributed by atoms with Gasteiger partial charge in [0.1, 0.15) is 6.10 Å². The monoisotopic (exact) mass is 394 g/mol. The number of rotatable bonds is 13. The predicted octanol–water partition coefficient (Wildman–Crippen LogP) is 2.90. The third kappa shape index (κ3) is 10.6. The molecule has 0 aromatic heterocycles. The van der Waals surface area contributed by atoms with E-state index in [1.807, 2.05) is 12.2 Å². The van der Waals surface area contributed by atoms with Crippen molar-refractivity contribution < 1.29 is 30.0 Å². The van der Waals surface area contributed by atoms with Crippen molar-refractivity contribution in [1.82, 2.24) is 0 Å². The molecule has 0 aliphatic carbocycles. The van der Waals surface area contributed by atoms with Crippen LogP contribution in [-0.4, -0.2) is 56.9 Å². The van der Waals surface area contributed by atoms with E-state index in [1.54, 1.807) is 0 Å². The number of hydrogen-bond acceptors (Lipinski definition) is 5. The Morgan fingerprint density at radius 1 is 1.11 bits per heavy atom. The predicted molar refractivity (Wildman–Crippen MR) is 109 cm³/mol. The van der Waals surface area contributed by atoms with Crippen LogP contribution in [0.15, 0.2) is 48.6 Å². The van der Waals surface area contributed by atoms with E-state index in [2.05, 4.69) is 31.2 Å². The van der Waals surface area contributed by atoms with Gasteiger partial charge in [0, 0.05) is 12.8 Å². The van der Waals surface area contributed by atoms with Gasteiger partial charge >= 0.3 is 5.97 Å². The Hall–Kier alpha value is -1.73. The number of aliphatic carboxylic acids is 1. The Balaban J connectivity index is 2.31. The van der Waals surface area contributed by atoms with Crippen LogP contribution in [0.25, 0.3) is 0 Å². The maximum Gasteiger partial charge on any atom is 0.303 e. The molecule has 1 rings (SSSR count). The number of hydrogen-bond donors (Lipinski definition) is 4. The number of carbonyl (C=O) groups is 1. The molecule has 1 heterocycles. The van der Waals surface area contributed by atoms with Crippen molar-refractivity contribution in [2.24, 2.45) is 0 Å². The second kappa shape index (κ2) is 14.3. The molecule has 1 fully saturated rings. The Morgan fingerprint density at radius 3 is 2.39 bits per heavy atom. The lowest BCUT2D eigenvalue weighted by atomic mass is 10.0. The summed E-state index contributed by atoms with van der Waals surface area (Å²) in [5.74, 6) is -0.968. The average molecular weight is 395 g/mol. The summed E-state index contributed by atoms with van der Waals surface area (Å²) >= 11 is 0. The van der Waals surface area contributed by atoms with Gasteiger partial charge in [-0.2, -0.15) is 0 Å². The van der Waals surface area contributed by atoms with Crippen LogP contribution < -0.4 is 0 Å². The molecule has 1 aliphatic rings. The quantitative estimate of drug-likeness (QED) is 0.358. The SMILES string of the molecule is CC/C=C\C/C=C\C/C=C\C[C@H](O)[C@H]1C[C@H](O)[C@H](/C=C/[C@@H](O)CCC(=O)O)O1. The Morgan fingerprint density at radius 2 is 1.75 bits per heavy atom. The van der Waals surface area contributed by atoms with Gasteiger partial charge in [0.15, 0.2) is 0 Å². The minimum Gasteiger partial charge on any atom is -0.481 e. The zero-order valence-corrected chi connectivity index (χ0v) is 16.6. The third-order valence-corrected chi connectivity index (χ3v) is 4.45. The Bertz CT molecular complexity index is 551. The molecule has 6 heteroatoms. The van der Waals surface area contributed by atoms with Crippen LogP contribution >= 0.6 is 0 Å². The summed E-state index contributed by atoms with van der Waals surface area (Å²) in [6.07, 6.45) is 15.4. The van der Waals surface area contributed by atoms with Gasteiger partial charge in [-0.3, -0.25) is 4.79 Å². The van der Waals surface area contributed by atoms with Gasteiger partial charge in [-0.1, -0.05) is 55.5 Å². The summed E-state index contributed by atoms with van der Waals surface area (Å²) in [5, 5.41) is 38.6. The molecule has 0 amide bonds. The number of allylic oxidation sites excluding steroid dienone is 5. The molecule has 28 heavy (non-hydrogen) atoms. The third-order valence-electron chi connectivity index (χ3n) is 4.45. The zero-order chi connectivity index (χ0) is 20.8. The van der Waals surface area contributed by atoms with Crippen molar-refractivity contribution in [1.29, 1.82) is 0 Å². The summed E-state index contributed by atoms with van der Waals surface area (Å²) in [6.45, 7) is 2.10. The van der Waals surface area contributed by atoms with E-state index in [9.17, 15) is 20.1 Å². The summed E-state index contributed by atoms with van der Waals surface area (Å²) in [4.78, 5) is 10.5. The maximum atomic E-state index is 10.5. The Labute approximate surface area is 167 Å². The van der Waals surface area contributed by atoms with Crippen LogP contribution in [-0.2, 0) is 9.53 Å². The zero-order valence-electron chi connectivity index (χ0n) is 16.6. The molecular weight excluding hydrogens is 360 g/mol. The number of ether oxygens (including phenoxy) is 1. The van der Waals surface area contributed by atoms with Crippen molar-refractivity contribution in [3.8, 4) is 0 Å². The molecule has 0 spiro atoms. The number of aliphatic hydroxyl groups is 3. The summed E-state index contributed by atoms with van der Waals surface area (Å²) < 4.78 is 5.67. The maximum absolute atomic E-state index is 10.5. The van der Waals surface area contributed by atoms with Crippen LogP contribution in [0.2, 0.25) is 0 Å². The fourth-order valence-corrected chi connectivity index (χ4v) is 2.84. The van der Waals surface area contributed by atoms with Crippen molar-refractivity contribution in [2.75, 3.05) is 0 Å². The molecule has 1 aliphatic heterocycles. The number of aliphatic hydroxyl groups excluding tert-OH is 3. The van der Waals surface area contributed by atoms with Crippen LogP contribution in [0.3, 0.4) is 0 Å². The van der Waals surface area contributed by atoms with Gasteiger partial charge in [0.25, 0.3) is 0 Å². The van der Waals surface area contributed by atoms with Crippen molar-refractivity contribution in [3.05, 3.63) is 48.6 Å². The molecule has 0 aromatic carbocycles. The van der Waals surface area contributed by atoms with E-state index in [1.165, 1.54) is 12.2 Å². The first-order valence-electron chi connectivity index (χ1n) is 9.98. The standard InChI is InChI=1S/C22H34O6/c1-2-3-4-5-6-7-8-9-10-11-18(24)21-16-19(25)20(28-21)14-12-17(23)13-15-22(26)27/h3-4,6-7,9-10,12,14,17-21,23-25H,2,5,8,11,13,15-16H2,1H3,(H,26,27)/b4-3-,7-6-,10-9-,14-12+/t17-,18+,19+,20+,21-/m1/s1. The molecular formula is C22H34O6. The fraction of sp³-hybridized carbons (Fsp3) is 0.591. The minimum atomic E-state index is -0.968. The normalized spacial score (nSPS) is 25.5. The van der Waals surface area contributed by atoms with Crippen LogP contribution in [0.5, 0.6) is 0 Å². The highest BCUT2D eigenvalue weighted by Crippen LogP contribution is 2.25. The molecule has 5 atom stereocenters. The van der Waals surface area contributed by atoms with Gasteiger partial charge in [-0.25, -0.2) is 0 Å². The number of carboxylic acids is 1. The lowest BCUT2D eigenvalue weighted by Gasteiger charge is -2.16. The van der Waals surface area contributed by atoms with E-state index >= 15 is 0 Å². The summed E-state index contributed by atoms with van der Waals surface area (Å²) in [6, 6.07) is 0. The van der Waals surface area contributed by atoms with Crippen molar-refractivity contribution in [3.63, 3.8) is 0 Å². The lowest BCUT2D eigenvalue weighted by Crippen LogP contribution is -2.25. The highest BCUT2D eigenvalue weighted by Gasteiger charge is 2.35. The van der Waals surface area contributed by atoms with E-state index in [0.717, 1.165) is 19.3 Å². The molecule has 1 saturated heterocycles. The van der Waals surface area contributed by atoms with E-state index < -0.39 is 36.5 Å². The first kappa shape index (κ1) is 24.3. The molecule has 6 nitrogen and oxygen atoms in total. The van der Waals surface area contributed by atoms with E-state index in [-0.39, 0.29) is 12.8 Å². The molecule has 158 valence electrons. The summed E-state index contributed by atoms with van der Waals surface area (Å²) in [7, 11) is 0. The topological polar surface area (TPSA) is 107 Å². The van der Waals surface area contributed by atoms with Gasteiger partial charge in [0.05, 0.1) is 24.4 Å². The largest absolute Gasteiger partial charge is 0.481 e. The van der Waals surface area contributed by atoms with Crippen LogP contribution in [0.4, 0.5) is 0 Å². The molecule has 0 unspecified atom stereocenters. The van der Waals surface area contributed by atoms with Gasteiger partial charge in [-0.05, 0) is 32.1 Å². The smallest absolute Gasteiger partial charge is 0.303 e. The highest BCUT2D eigenvalue weighted by atomic mass is 16.5. The average Bonchev–Trinajstić information content (AvgIpc) is 3.04. The summed E-state index contributed by atoms with van der Waals surface area (Å²) in [5.41, 5.74) is 0. The number of carboxylic acid groups (broad SMARTS) is 1. The molecule has 0 aromatic rings. The van der Waals surface area contributed by atoms with Crippen molar-refractivity contribution >= 4 is 5.97 Å². The molecule has 0 bridgehead atoms. The fourth-order valence-electron chi connectivity index (χ4n) is 2.84. The lowest BCUT2D eigenvalue weighted by molar-refractivity contribution is -0.137. The first-order chi connectivity index (χ1) is 13.4. The molecule has 4 N–H and O–H groups in total. The van der Waals surface area contributed by atoms with Gasteiger partial charge in [0.2, 0.25) is 0 Å². The molecule has 0 radical (unpaired) electrons. The Kier molecular flexibility index (Phi) is 12.4. The van der Waals surface area contributed by atoms with Gasteiger partial charge < -0.3 is 25.2 Å². The molecule has 0 saturated carbocycles. The highest BCUT2D eigenvalue weighted by molar-refractivity contribution is 5.66. The van der Waals surface area contributed by atoms with Gasteiger partial charge in [-0.15, -0.1) is 0 Å². The second-order valence-corrected chi connectivity index (χ2v) is 6.92. The first-order valence-corrected chi connectivity index (χ1v) is 9.98.